The zero-order valence-electron chi connectivity index (χ0n) is 18.4. The number of aryl methyl sites for hydroxylation is 2. The van der Waals surface area contributed by atoms with Crippen molar-refractivity contribution in [1.29, 1.82) is 0 Å². The molecule has 0 spiro atoms. The number of esters is 1. The molecule has 1 atom stereocenters. The molecule has 0 amide bonds. The fourth-order valence-corrected chi connectivity index (χ4v) is 3.09. The summed E-state index contributed by atoms with van der Waals surface area (Å²) in [6.45, 7) is 0.670. The maximum atomic E-state index is 12.0. The molecule has 0 aromatic heterocycles. The summed E-state index contributed by atoms with van der Waals surface area (Å²) in [6, 6.07) is 15.8. The van der Waals surface area contributed by atoms with E-state index in [1.807, 2.05) is 67.5 Å². The van der Waals surface area contributed by atoms with Gasteiger partial charge in [-0.1, -0.05) is 30.3 Å². The summed E-state index contributed by atoms with van der Waals surface area (Å²) < 4.78 is 16.7. The van der Waals surface area contributed by atoms with Crippen molar-refractivity contribution in [3.05, 3.63) is 59.7 Å². The first-order valence-corrected chi connectivity index (χ1v) is 10.3. The van der Waals surface area contributed by atoms with Crippen LogP contribution in [-0.2, 0) is 27.2 Å². The lowest BCUT2D eigenvalue weighted by Crippen LogP contribution is -2.35. The molecule has 0 unspecified atom stereocenters. The van der Waals surface area contributed by atoms with Crippen LogP contribution in [0.5, 0.6) is 11.5 Å². The summed E-state index contributed by atoms with van der Waals surface area (Å²) in [5, 5.41) is 8.74. The predicted molar refractivity (Wildman–Crippen MR) is 118 cm³/mol. The predicted octanol–water partition coefficient (Wildman–Crippen LogP) is 3.20. The van der Waals surface area contributed by atoms with Crippen LogP contribution in [-0.4, -0.2) is 62.4 Å². The molecule has 2 aromatic carbocycles. The standard InChI is InChI=1S/C24H31NO6/c1-25(2)16-21(31-24(28)15-14-23(26)27)17-30-22-7-5-4-6-19(22)11-8-18-9-12-20(29-3)13-10-18/h4-7,9-10,12-13,21H,8,11,14-17H2,1-3H3,(H,26,27)/t21-/m0/s1. The van der Waals surface area contributed by atoms with Crippen LogP contribution in [0, 0.1) is 0 Å². The molecule has 7 heteroatoms. The van der Waals surface area contributed by atoms with Crippen molar-refractivity contribution in [3.8, 4) is 11.5 Å². The number of rotatable bonds is 13. The summed E-state index contributed by atoms with van der Waals surface area (Å²) in [5.74, 6) is 0.0208. The Hall–Kier alpha value is -3.06. The number of para-hydroxylation sites is 1. The lowest BCUT2D eigenvalue weighted by Gasteiger charge is -2.22. The van der Waals surface area contributed by atoms with E-state index in [0.29, 0.717) is 6.54 Å². The average molecular weight is 430 g/mol. The fraction of sp³-hybridized carbons (Fsp3) is 0.417. The number of benzene rings is 2. The van der Waals surface area contributed by atoms with Crippen molar-refractivity contribution in [2.45, 2.75) is 31.8 Å². The highest BCUT2D eigenvalue weighted by molar-refractivity contribution is 5.76. The third-order valence-electron chi connectivity index (χ3n) is 4.65. The highest BCUT2D eigenvalue weighted by Crippen LogP contribution is 2.21. The summed E-state index contributed by atoms with van der Waals surface area (Å²) in [4.78, 5) is 24.5. The van der Waals surface area contributed by atoms with Gasteiger partial charge < -0.3 is 24.2 Å². The number of likely N-dealkylation sites (N-methyl/N-ethyl adjacent to an activating group) is 1. The van der Waals surface area contributed by atoms with Gasteiger partial charge in [-0.2, -0.15) is 0 Å². The summed E-state index contributed by atoms with van der Waals surface area (Å²) in [5.41, 5.74) is 2.27. The van der Waals surface area contributed by atoms with Gasteiger partial charge in [0.05, 0.1) is 20.0 Å². The van der Waals surface area contributed by atoms with E-state index in [4.69, 9.17) is 19.3 Å². The van der Waals surface area contributed by atoms with Gasteiger partial charge in [0.15, 0.2) is 0 Å². The molecule has 168 valence electrons. The van der Waals surface area contributed by atoms with Gasteiger partial charge in [-0.15, -0.1) is 0 Å². The molecule has 0 aliphatic carbocycles. The molecule has 0 fully saturated rings. The van der Waals surface area contributed by atoms with Gasteiger partial charge in [-0.3, -0.25) is 9.59 Å². The summed E-state index contributed by atoms with van der Waals surface area (Å²) in [7, 11) is 5.40. The Morgan fingerprint density at radius 2 is 1.71 bits per heavy atom. The number of carboxylic acid groups (broad SMARTS) is 1. The minimum absolute atomic E-state index is 0.155. The highest BCUT2D eigenvalue weighted by atomic mass is 16.6. The first kappa shape index (κ1) is 24.2. The van der Waals surface area contributed by atoms with Crippen LogP contribution >= 0.6 is 0 Å². The second kappa shape index (κ2) is 12.6. The number of carbonyl (C=O) groups is 2. The number of nitrogens with zero attached hydrogens (tertiary/aromatic N) is 1. The van der Waals surface area contributed by atoms with E-state index in [0.717, 1.165) is 29.9 Å². The summed E-state index contributed by atoms with van der Waals surface area (Å²) >= 11 is 0. The van der Waals surface area contributed by atoms with Crippen molar-refractivity contribution < 1.29 is 28.9 Å². The Morgan fingerprint density at radius 3 is 2.35 bits per heavy atom. The van der Waals surface area contributed by atoms with Crippen LogP contribution < -0.4 is 9.47 Å². The first-order chi connectivity index (χ1) is 14.9. The quantitative estimate of drug-likeness (QED) is 0.490. The SMILES string of the molecule is COc1ccc(CCc2ccccc2OC[C@H](CN(C)C)OC(=O)CCC(=O)O)cc1. The topological polar surface area (TPSA) is 85.3 Å². The number of hydrogen-bond donors (Lipinski definition) is 1. The lowest BCUT2D eigenvalue weighted by molar-refractivity contribution is -0.153. The zero-order chi connectivity index (χ0) is 22.6. The minimum atomic E-state index is -1.02. The van der Waals surface area contributed by atoms with Crippen molar-refractivity contribution in [2.75, 3.05) is 34.4 Å². The smallest absolute Gasteiger partial charge is 0.306 e. The van der Waals surface area contributed by atoms with Gasteiger partial charge in [0, 0.05) is 6.54 Å². The molecule has 0 heterocycles. The van der Waals surface area contributed by atoms with Crippen molar-refractivity contribution in [2.24, 2.45) is 0 Å². The van der Waals surface area contributed by atoms with Crippen LogP contribution in [0.4, 0.5) is 0 Å². The maximum absolute atomic E-state index is 12.0. The minimum Gasteiger partial charge on any atom is -0.497 e. The van der Waals surface area contributed by atoms with Gasteiger partial charge >= 0.3 is 11.9 Å². The second-order valence-corrected chi connectivity index (χ2v) is 7.53. The second-order valence-electron chi connectivity index (χ2n) is 7.53. The number of carbonyl (C=O) groups excluding carboxylic acids is 1. The molecule has 2 rings (SSSR count). The fourth-order valence-electron chi connectivity index (χ4n) is 3.09. The van der Waals surface area contributed by atoms with E-state index in [2.05, 4.69) is 0 Å². The largest absolute Gasteiger partial charge is 0.497 e. The van der Waals surface area contributed by atoms with Gasteiger partial charge in [-0.05, 0) is 56.3 Å². The first-order valence-electron chi connectivity index (χ1n) is 10.3. The molecule has 1 N–H and O–H groups in total. The van der Waals surface area contributed by atoms with E-state index >= 15 is 0 Å². The summed E-state index contributed by atoms with van der Waals surface area (Å²) in [6.07, 6.45) is 0.765. The normalized spacial score (nSPS) is 11.7. The van der Waals surface area contributed by atoms with Crippen molar-refractivity contribution in [3.63, 3.8) is 0 Å². The van der Waals surface area contributed by atoms with Crippen LogP contribution in [0.15, 0.2) is 48.5 Å². The maximum Gasteiger partial charge on any atom is 0.306 e. The molecular weight excluding hydrogens is 398 g/mol. The highest BCUT2D eigenvalue weighted by Gasteiger charge is 2.18. The number of methoxy groups -OCH3 is 1. The Labute approximate surface area is 183 Å². The van der Waals surface area contributed by atoms with Crippen LogP contribution in [0.1, 0.15) is 24.0 Å². The number of hydrogen-bond acceptors (Lipinski definition) is 6. The Morgan fingerprint density at radius 1 is 1.00 bits per heavy atom. The van der Waals surface area contributed by atoms with E-state index in [1.165, 1.54) is 5.56 Å². The van der Waals surface area contributed by atoms with Gasteiger partial charge in [0.1, 0.15) is 24.2 Å². The van der Waals surface area contributed by atoms with Gasteiger partial charge in [-0.25, -0.2) is 0 Å². The lowest BCUT2D eigenvalue weighted by atomic mass is 10.0. The Balaban J connectivity index is 1.96. The molecular formula is C24H31NO6. The van der Waals surface area contributed by atoms with E-state index in [1.54, 1.807) is 7.11 Å². The molecule has 7 nitrogen and oxygen atoms in total. The van der Waals surface area contributed by atoms with Crippen molar-refractivity contribution >= 4 is 11.9 Å². The molecule has 0 aliphatic rings. The molecule has 31 heavy (non-hydrogen) atoms. The van der Waals surface area contributed by atoms with E-state index in [-0.39, 0.29) is 19.4 Å². The molecule has 0 radical (unpaired) electrons. The monoisotopic (exact) mass is 429 g/mol. The van der Waals surface area contributed by atoms with Crippen LogP contribution in [0.2, 0.25) is 0 Å². The van der Waals surface area contributed by atoms with Gasteiger partial charge in [0.25, 0.3) is 0 Å². The van der Waals surface area contributed by atoms with E-state index in [9.17, 15) is 9.59 Å². The third-order valence-corrected chi connectivity index (χ3v) is 4.65. The molecule has 0 aliphatic heterocycles. The number of aliphatic carboxylic acids is 1. The van der Waals surface area contributed by atoms with Crippen LogP contribution in [0.25, 0.3) is 0 Å². The zero-order valence-corrected chi connectivity index (χ0v) is 18.4. The van der Waals surface area contributed by atoms with Crippen molar-refractivity contribution in [1.82, 2.24) is 4.90 Å². The van der Waals surface area contributed by atoms with E-state index < -0.39 is 18.0 Å². The number of carboxylic acids is 1. The molecule has 0 saturated heterocycles. The molecule has 0 saturated carbocycles. The molecule has 2 aromatic rings. The Kier molecular flexibility index (Phi) is 9.84. The third kappa shape index (κ3) is 9.09. The molecule has 0 bridgehead atoms. The van der Waals surface area contributed by atoms with Gasteiger partial charge in [0.2, 0.25) is 0 Å². The number of ether oxygens (including phenoxy) is 3. The average Bonchev–Trinajstić information content (AvgIpc) is 2.75. The Bertz CT molecular complexity index is 834. The van der Waals surface area contributed by atoms with Crippen LogP contribution in [0.3, 0.4) is 0 Å².